The van der Waals surface area contributed by atoms with Crippen LogP contribution in [0.3, 0.4) is 0 Å². The molecule has 3 N–H and O–H groups in total. The molecule has 0 radical (unpaired) electrons. The number of hydrogen-bond donors (Lipinski definition) is 2. The molecule has 0 spiro atoms. The van der Waals surface area contributed by atoms with Gasteiger partial charge in [-0.05, 0) is 72.1 Å². The smallest absolute Gasteiger partial charge is 0.435 e. The number of aliphatic imine (C=N–C) groups is 1. The van der Waals surface area contributed by atoms with Crippen molar-refractivity contribution in [2.24, 2.45) is 34.4 Å². The molecule has 1 aromatic heterocycles. The van der Waals surface area contributed by atoms with Gasteiger partial charge in [-0.15, -0.1) is 0 Å². The van der Waals surface area contributed by atoms with Crippen molar-refractivity contribution in [2.45, 2.75) is 74.0 Å². The van der Waals surface area contributed by atoms with Gasteiger partial charge >= 0.3 is 24.0 Å². The molecule has 2 aromatic carbocycles. The molecule has 1 aliphatic rings. The molecule has 2 atom stereocenters. The summed E-state index contributed by atoms with van der Waals surface area (Å²) in [6.45, 7) is 16.2. The molecule has 58 heavy (non-hydrogen) atoms. The number of aryl methyl sites for hydroxylation is 1. The second-order valence-electron chi connectivity index (χ2n) is 14.9. The van der Waals surface area contributed by atoms with Crippen LogP contribution in [0, 0.1) is 30.6 Å². The van der Waals surface area contributed by atoms with Crippen molar-refractivity contribution >= 4 is 47.6 Å². The lowest BCUT2D eigenvalue weighted by Gasteiger charge is -2.18. The number of nitrogens with one attached hydrogen (secondary N) is 1. The van der Waals surface area contributed by atoms with Gasteiger partial charge in [0.25, 0.3) is 5.91 Å². The van der Waals surface area contributed by atoms with E-state index in [1.54, 1.807) is 69.3 Å². The lowest BCUT2D eigenvalue weighted by atomic mass is 9.89. The summed E-state index contributed by atoms with van der Waals surface area (Å²) in [5, 5.41) is 2.85. The van der Waals surface area contributed by atoms with Gasteiger partial charge in [-0.2, -0.15) is 4.99 Å². The van der Waals surface area contributed by atoms with E-state index in [2.05, 4.69) is 21.9 Å². The van der Waals surface area contributed by atoms with Crippen molar-refractivity contribution in [1.29, 1.82) is 0 Å². The number of nitrogens with zero attached hydrogens (tertiary/aromatic N) is 2. The molecule has 1 heterocycles. The monoisotopic (exact) mass is 796 g/mol. The Morgan fingerprint density at radius 1 is 0.897 bits per heavy atom. The molecule has 2 amide bonds. The molecule has 14 nitrogen and oxygen atoms in total. The number of ether oxygens (including phenoxy) is 4. The first kappa shape index (κ1) is 44.5. The molecule has 14 heteroatoms. The summed E-state index contributed by atoms with van der Waals surface area (Å²) < 4.78 is 20.9. The van der Waals surface area contributed by atoms with Crippen LogP contribution in [0.4, 0.5) is 4.79 Å². The minimum Gasteiger partial charge on any atom is -0.462 e. The number of Topliss-reactive ketones (excluding diaryl/α,β-unsaturated/α-hetero) is 1. The van der Waals surface area contributed by atoms with Gasteiger partial charge < -0.3 is 30.0 Å². The third kappa shape index (κ3) is 12.4. The molecule has 1 aliphatic carbocycles. The summed E-state index contributed by atoms with van der Waals surface area (Å²) >= 11 is 0. The maximum atomic E-state index is 14.1. The van der Waals surface area contributed by atoms with Crippen LogP contribution in [0.25, 0.3) is 17.2 Å². The molecule has 1 fully saturated rings. The Kier molecular flexibility index (Phi) is 15.6. The predicted molar refractivity (Wildman–Crippen MR) is 217 cm³/mol. The van der Waals surface area contributed by atoms with Crippen molar-refractivity contribution in [1.82, 2.24) is 10.3 Å². The van der Waals surface area contributed by atoms with Crippen molar-refractivity contribution in [3.8, 4) is 11.1 Å². The van der Waals surface area contributed by atoms with Gasteiger partial charge in [0.15, 0.2) is 11.5 Å². The van der Waals surface area contributed by atoms with E-state index in [4.69, 9.17) is 24.7 Å². The summed E-state index contributed by atoms with van der Waals surface area (Å²) in [5.74, 6) is -3.06. The van der Waals surface area contributed by atoms with Gasteiger partial charge in [0, 0.05) is 36.6 Å². The SMILES string of the molecule is C=Cc1cc(C(=O)Cc2ccc(C(N)=NC(=O)OCCOC(=O)[C@@H](C)C(C)C)cc2)c(-c2ccc(C(=O)NCC3CC3)nc2C(=O)OC(C)OC(=O)C(C)C)cc1C. The number of carbonyl (C=O) groups is 6. The van der Waals surface area contributed by atoms with Gasteiger partial charge in [0.1, 0.15) is 24.7 Å². The fourth-order valence-electron chi connectivity index (χ4n) is 5.48. The van der Waals surface area contributed by atoms with Gasteiger partial charge in [-0.1, -0.05) is 77.6 Å². The standard InChI is InChI=1S/C44H52N4O10/c1-9-31-22-35(37(49)21-29-12-14-32(15-13-29)39(45)48-44(54)56-19-18-55-42(52)27(7)24(2)3)34(20-26(31)6)33-16-17-36(40(50)46-23-30-10-11-30)47-38(33)43(53)58-28(8)57-41(51)25(4)5/h9,12-17,20,22,24-25,27-28,30H,1,10-11,18-19,21,23H2,2-8H3,(H,46,50)(H2,45,48,54)/t27-,28?/m0/s1. The zero-order valence-electron chi connectivity index (χ0n) is 34.1. The Bertz CT molecular complexity index is 2070. The van der Waals surface area contributed by atoms with E-state index in [1.165, 1.54) is 13.0 Å². The highest BCUT2D eigenvalue weighted by atomic mass is 16.7. The maximum Gasteiger partial charge on any atom is 0.435 e. The number of esters is 3. The first-order valence-electron chi connectivity index (χ1n) is 19.3. The van der Waals surface area contributed by atoms with Crippen LogP contribution < -0.4 is 11.1 Å². The third-order valence-corrected chi connectivity index (χ3v) is 9.56. The number of ketones is 1. The largest absolute Gasteiger partial charge is 0.462 e. The van der Waals surface area contributed by atoms with Crippen LogP contribution >= 0.6 is 0 Å². The van der Waals surface area contributed by atoms with E-state index >= 15 is 0 Å². The lowest BCUT2D eigenvalue weighted by Crippen LogP contribution is -2.28. The quantitative estimate of drug-likeness (QED) is 0.0265. The van der Waals surface area contributed by atoms with E-state index in [0.717, 1.165) is 18.4 Å². The van der Waals surface area contributed by atoms with Gasteiger partial charge in [0.05, 0.1) is 11.8 Å². The Labute approximate surface area is 338 Å². The summed E-state index contributed by atoms with van der Waals surface area (Å²) in [6, 6.07) is 13.0. The highest BCUT2D eigenvalue weighted by molar-refractivity contribution is 6.07. The fraction of sp³-hybridized carbons (Fsp3) is 0.409. The number of nitrogens with two attached hydrogens (primary N) is 1. The molecule has 308 valence electrons. The molecule has 1 unspecified atom stereocenters. The van der Waals surface area contributed by atoms with E-state index < -0.39 is 36.1 Å². The number of carbonyl (C=O) groups excluding carboxylic acids is 6. The molecule has 0 saturated heterocycles. The number of aromatic nitrogens is 1. The normalized spacial score (nSPS) is 13.6. The van der Waals surface area contributed by atoms with Crippen LogP contribution in [-0.4, -0.2) is 72.6 Å². The van der Waals surface area contributed by atoms with E-state index in [0.29, 0.717) is 34.7 Å². The Morgan fingerprint density at radius 2 is 1.57 bits per heavy atom. The summed E-state index contributed by atoms with van der Waals surface area (Å²) in [7, 11) is 0. The molecule has 4 rings (SSSR count). The van der Waals surface area contributed by atoms with Crippen LogP contribution in [0.2, 0.25) is 0 Å². The predicted octanol–water partition coefficient (Wildman–Crippen LogP) is 6.64. The van der Waals surface area contributed by atoms with Crippen molar-refractivity contribution in [3.05, 3.63) is 94.3 Å². The molecule has 0 bridgehead atoms. The van der Waals surface area contributed by atoms with Crippen LogP contribution in [-0.2, 0) is 35.0 Å². The molecular formula is C44H52N4O10. The number of amidine groups is 1. The van der Waals surface area contributed by atoms with Crippen molar-refractivity contribution < 1.29 is 47.7 Å². The summed E-state index contributed by atoms with van der Waals surface area (Å²) in [5.41, 5.74) is 9.07. The van der Waals surface area contributed by atoms with Crippen molar-refractivity contribution in [2.75, 3.05) is 19.8 Å². The minimum atomic E-state index is -1.27. The molecule has 1 saturated carbocycles. The van der Waals surface area contributed by atoms with Gasteiger partial charge in [-0.25, -0.2) is 14.6 Å². The molecule has 0 aliphatic heterocycles. The molecular weight excluding hydrogens is 745 g/mol. The topological polar surface area (TPSA) is 203 Å². The number of rotatable bonds is 18. The summed E-state index contributed by atoms with van der Waals surface area (Å²) in [6.07, 6.45) is 1.37. The van der Waals surface area contributed by atoms with E-state index in [1.807, 2.05) is 20.8 Å². The highest BCUT2D eigenvalue weighted by Gasteiger charge is 2.27. The highest BCUT2D eigenvalue weighted by Crippen LogP contribution is 2.32. The van der Waals surface area contributed by atoms with E-state index in [9.17, 15) is 28.8 Å². The zero-order chi connectivity index (χ0) is 42.7. The first-order chi connectivity index (χ1) is 27.5. The average Bonchev–Trinajstić information content (AvgIpc) is 4.02. The average molecular weight is 797 g/mol. The van der Waals surface area contributed by atoms with Crippen LogP contribution in [0.5, 0.6) is 0 Å². The lowest BCUT2D eigenvalue weighted by molar-refractivity contribution is -0.169. The van der Waals surface area contributed by atoms with Gasteiger partial charge in [0.2, 0.25) is 6.29 Å². The molecule has 3 aromatic rings. The minimum absolute atomic E-state index is 0.0241. The second kappa shape index (κ2) is 20.3. The van der Waals surface area contributed by atoms with E-state index in [-0.39, 0.29) is 71.6 Å². The second-order valence-corrected chi connectivity index (χ2v) is 14.9. The zero-order valence-corrected chi connectivity index (χ0v) is 34.1. The Hall–Kier alpha value is -6.18. The number of pyridine rings is 1. The Morgan fingerprint density at radius 3 is 2.19 bits per heavy atom. The number of hydrogen-bond acceptors (Lipinski definition) is 11. The summed E-state index contributed by atoms with van der Waals surface area (Å²) in [4.78, 5) is 85.6. The number of amides is 2. The van der Waals surface area contributed by atoms with Crippen LogP contribution in [0.1, 0.15) is 108 Å². The van der Waals surface area contributed by atoms with Gasteiger partial charge in [-0.3, -0.25) is 19.2 Å². The van der Waals surface area contributed by atoms with Crippen LogP contribution in [0.15, 0.2) is 60.1 Å². The van der Waals surface area contributed by atoms with Crippen molar-refractivity contribution in [3.63, 3.8) is 0 Å². The first-order valence-corrected chi connectivity index (χ1v) is 19.3. The number of benzene rings is 2. The fourth-order valence-corrected chi connectivity index (χ4v) is 5.48. The third-order valence-electron chi connectivity index (χ3n) is 9.56. The maximum absolute atomic E-state index is 14.1. The Balaban J connectivity index is 1.57.